The van der Waals surface area contributed by atoms with E-state index in [4.69, 9.17) is 26.2 Å². The van der Waals surface area contributed by atoms with E-state index in [2.05, 4.69) is 0 Å². The Kier molecular flexibility index (Phi) is 6.77. The van der Waals surface area contributed by atoms with Crippen molar-refractivity contribution in [3.8, 4) is 11.5 Å². The number of halogens is 1. The fourth-order valence-corrected chi connectivity index (χ4v) is 4.64. The molecule has 1 aliphatic rings. The van der Waals surface area contributed by atoms with E-state index in [1.807, 2.05) is 0 Å². The number of Topliss-reactive ketones (excluding diaryl/α,β-unsaturated/α-hetero) is 1. The lowest BCUT2D eigenvalue weighted by atomic mass is 9.94. The van der Waals surface area contributed by atoms with E-state index in [9.17, 15) is 23.1 Å². The molecule has 4 rings (SSSR count). The second kappa shape index (κ2) is 9.65. The van der Waals surface area contributed by atoms with E-state index >= 15 is 0 Å². The zero-order valence-electron chi connectivity index (χ0n) is 19.1. The quantitative estimate of drug-likeness (QED) is 0.283. The number of ether oxygens (including phenoxy) is 2. The highest BCUT2D eigenvalue weighted by Crippen LogP contribution is 2.44. The molecule has 1 unspecified atom stereocenters. The van der Waals surface area contributed by atoms with Crippen LogP contribution in [0.25, 0.3) is 5.76 Å². The van der Waals surface area contributed by atoms with Gasteiger partial charge in [0, 0.05) is 16.3 Å². The number of aliphatic hydroxyl groups excluding tert-OH is 1. The number of anilines is 1. The third-order valence-electron chi connectivity index (χ3n) is 5.73. The monoisotopic (exact) mass is 528 g/mol. The van der Waals surface area contributed by atoms with Crippen molar-refractivity contribution in [1.29, 1.82) is 0 Å². The molecule has 11 heteroatoms. The number of rotatable bonds is 6. The summed E-state index contributed by atoms with van der Waals surface area (Å²) in [5, 5.41) is 16.8. The summed E-state index contributed by atoms with van der Waals surface area (Å²) in [7, 11) is -1.06. The van der Waals surface area contributed by atoms with Crippen LogP contribution in [0.15, 0.2) is 77.2 Å². The highest BCUT2D eigenvalue weighted by Gasteiger charge is 2.47. The minimum atomic E-state index is -3.97. The fourth-order valence-electron chi connectivity index (χ4n) is 4.00. The maximum absolute atomic E-state index is 13.3. The SMILES string of the molecule is COc1ccc(C2/C(=C(\O)c3ccc(Cl)cc3)C(=O)C(=O)N2c2ccc(S(N)(=O)=O)cc2)cc1OC. The molecule has 0 bridgehead atoms. The molecule has 36 heavy (non-hydrogen) atoms. The molecule has 0 aliphatic carbocycles. The first-order valence-corrected chi connectivity index (χ1v) is 12.4. The van der Waals surface area contributed by atoms with Gasteiger partial charge in [-0.2, -0.15) is 0 Å². The number of benzene rings is 3. The molecular weight excluding hydrogens is 508 g/mol. The van der Waals surface area contributed by atoms with Gasteiger partial charge >= 0.3 is 0 Å². The summed E-state index contributed by atoms with van der Waals surface area (Å²) in [6, 6.07) is 15.1. The summed E-state index contributed by atoms with van der Waals surface area (Å²) >= 11 is 5.96. The Morgan fingerprint density at radius 3 is 2.11 bits per heavy atom. The average molecular weight is 529 g/mol. The summed E-state index contributed by atoms with van der Waals surface area (Å²) in [4.78, 5) is 27.5. The van der Waals surface area contributed by atoms with Crippen molar-refractivity contribution >= 4 is 44.8 Å². The second-order valence-electron chi connectivity index (χ2n) is 7.83. The molecule has 1 amide bonds. The summed E-state index contributed by atoms with van der Waals surface area (Å²) < 4.78 is 34.1. The first kappa shape index (κ1) is 25.2. The van der Waals surface area contributed by atoms with Gasteiger partial charge in [0.05, 0.1) is 30.7 Å². The van der Waals surface area contributed by atoms with Crippen LogP contribution in [-0.2, 0) is 19.6 Å². The molecule has 0 saturated carbocycles. The number of aliphatic hydroxyl groups is 1. The lowest BCUT2D eigenvalue weighted by Gasteiger charge is -2.26. The van der Waals surface area contributed by atoms with Gasteiger partial charge in [-0.3, -0.25) is 14.5 Å². The summed E-state index contributed by atoms with van der Waals surface area (Å²) in [5.74, 6) is -1.45. The molecule has 3 aromatic carbocycles. The maximum atomic E-state index is 13.3. The summed E-state index contributed by atoms with van der Waals surface area (Å²) in [6.07, 6.45) is 0. The van der Waals surface area contributed by atoms with Crippen LogP contribution in [0.4, 0.5) is 5.69 Å². The van der Waals surface area contributed by atoms with Crippen molar-refractivity contribution in [2.75, 3.05) is 19.1 Å². The number of sulfonamides is 1. The number of ketones is 1. The van der Waals surface area contributed by atoms with Crippen molar-refractivity contribution < 1.29 is 32.6 Å². The molecular formula is C25H21ClN2O7S. The van der Waals surface area contributed by atoms with Crippen LogP contribution in [0.3, 0.4) is 0 Å². The molecule has 1 heterocycles. The molecule has 1 fully saturated rings. The standard InChI is InChI=1S/C25H21ClN2O7S/c1-34-19-12-5-15(13-20(19)35-2)22-21(23(29)14-3-6-16(26)7-4-14)24(30)25(31)28(22)17-8-10-18(11-9-17)36(27,32)33/h3-13,22,29H,1-2H3,(H2,27,32,33)/b23-21+. The number of amides is 1. The van der Waals surface area contributed by atoms with Crippen LogP contribution < -0.4 is 19.5 Å². The van der Waals surface area contributed by atoms with E-state index in [0.717, 1.165) is 0 Å². The number of hydrogen-bond acceptors (Lipinski definition) is 7. The minimum Gasteiger partial charge on any atom is -0.507 e. The van der Waals surface area contributed by atoms with E-state index in [-0.39, 0.29) is 21.7 Å². The van der Waals surface area contributed by atoms with Crippen molar-refractivity contribution in [1.82, 2.24) is 0 Å². The first-order valence-electron chi connectivity index (χ1n) is 10.5. The van der Waals surface area contributed by atoms with Crippen molar-refractivity contribution in [2.24, 2.45) is 5.14 Å². The lowest BCUT2D eigenvalue weighted by molar-refractivity contribution is -0.132. The third-order valence-corrected chi connectivity index (χ3v) is 6.91. The Morgan fingerprint density at radius 2 is 1.56 bits per heavy atom. The normalized spacial score (nSPS) is 17.3. The van der Waals surface area contributed by atoms with Gasteiger partial charge < -0.3 is 14.6 Å². The number of nitrogens with zero attached hydrogens (tertiary/aromatic N) is 1. The Morgan fingerprint density at radius 1 is 0.944 bits per heavy atom. The van der Waals surface area contributed by atoms with E-state index in [0.29, 0.717) is 22.1 Å². The van der Waals surface area contributed by atoms with Gasteiger partial charge in [-0.1, -0.05) is 17.7 Å². The second-order valence-corrected chi connectivity index (χ2v) is 9.83. The smallest absolute Gasteiger partial charge is 0.300 e. The van der Waals surface area contributed by atoms with Crippen molar-refractivity contribution in [3.63, 3.8) is 0 Å². The Hall–Kier alpha value is -3.86. The van der Waals surface area contributed by atoms with Gasteiger partial charge in [-0.15, -0.1) is 0 Å². The Bertz CT molecular complexity index is 1480. The van der Waals surface area contributed by atoms with Gasteiger partial charge in [0.1, 0.15) is 5.76 Å². The van der Waals surface area contributed by atoms with E-state index in [1.54, 1.807) is 30.3 Å². The molecule has 9 nitrogen and oxygen atoms in total. The summed E-state index contributed by atoms with van der Waals surface area (Å²) in [6.45, 7) is 0. The van der Waals surface area contributed by atoms with Crippen LogP contribution in [0, 0.1) is 0 Å². The number of hydrogen-bond donors (Lipinski definition) is 2. The van der Waals surface area contributed by atoms with Crippen LogP contribution in [-0.4, -0.2) is 39.4 Å². The third kappa shape index (κ3) is 4.53. The fraction of sp³-hybridized carbons (Fsp3) is 0.120. The number of nitrogens with two attached hydrogens (primary N) is 1. The largest absolute Gasteiger partial charge is 0.507 e. The van der Waals surface area contributed by atoms with Crippen LogP contribution in [0.1, 0.15) is 17.2 Å². The molecule has 1 saturated heterocycles. The van der Waals surface area contributed by atoms with Gasteiger partial charge in [-0.25, -0.2) is 13.6 Å². The molecule has 1 aliphatic heterocycles. The number of methoxy groups -OCH3 is 2. The number of primary sulfonamides is 1. The predicted molar refractivity (Wildman–Crippen MR) is 134 cm³/mol. The average Bonchev–Trinajstić information content (AvgIpc) is 3.13. The lowest BCUT2D eigenvalue weighted by Crippen LogP contribution is -2.29. The van der Waals surface area contributed by atoms with Crippen molar-refractivity contribution in [2.45, 2.75) is 10.9 Å². The Labute approximate surface area is 212 Å². The maximum Gasteiger partial charge on any atom is 0.300 e. The molecule has 186 valence electrons. The minimum absolute atomic E-state index is 0.160. The topological polar surface area (TPSA) is 136 Å². The van der Waals surface area contributed by atoms with Crippen LogP contribution in [0.5, 0.6) is 11.5 Å². The first-order chi connectivity index (χ1) is 17.1. The zero-order valence-corrected chi connectivity index (χ0v) is 20.7. The van der Waals surface area contributed by atoms with Crippen LogP contribution >= 0.6 is 11.6 Å². The van der Waals surface area contributed by atoms with Gasteiger partial charge in [0.15, 0.2) is 11.5 Å². The molecule has 0 radical (unpaired) electrons. The molecule has 1 atom stereocenters. The number of carbonyl (C=O) groups is 2. The molecule has 3 N–H and O–H groups in total. The molecule has 0 aromatic heterocycles. The van der Waals surface area contributed by atoms with E-state index < -0.39 is 33.5 Å². The predicted octanol–water partition coefficient (Wildman–Crippen LogP) is 3.63. The molecule has 3 aromatic rings. The van der Waals surface area contributed by atoms with Gasteiger partial charge in [0.25, 0.3) is 11.7 Å². The zero-order chi connectivity index (χ0) is 26.2. The van der Waals surface area contributed by atoms with Gasteiger partial charge in [-0.05, 0) is 66.2 Å². The van der Waals surface area contributed by atoms with Crippen molar-refractivity contribution in [3.05, 3.63) is 88.5 Å². The summed E-state index contributed by atoms with van der Waals surface area (Å²) in [5.41, 5.74) is 0.787. The highest BCUT2D eigenvalue weighted by atomic mass is 35.5. The molecule has 0 spiro atoms. The van der Waals surface area contributed by atoms with Crippen LogP contribution in [0.2, 0.25) is 5.02 Å². The van der Waals surface area contributed by atoms with Gasteiger partial charge in [0.2, 0.25) is 10.0 Å². The van der Waals surface area contributed by atoms with E-state index in [1.165, 1.54) is 55.5 Å². The highest BCUT2D eigenvalue weighted by molar-refractivity contribution is 7.89. The Balaban J connectivity index is 1.95. The number of carbonyl (C=O) groups excluding carboxylic acids is 2.